The molecule has 88 valence electrons. The Balaban J connectivity index is 2.90. The van der Waals surface area contributed by atoms with Crippen LogP contribution in [0.4, 0.5) is 0 Å². The fraction of sp³-hybridized carbons (Fsp3) is 0.273. The van der Waals surface area contributed by atoms with Gasteiger partial charge in [-0.3, -0.25) is 0 Å². The van der Waals surface area contributed by atoms with Gasteiger partial charge in [-0.05, 0) is 30.7 Å². The molecule has 0 aromatic heterocycles. The molecular weight excluding hydrogens is 227 g/mol. The van der Waals surface area contributed by atoms with Crippen LogP contribution in [-0.2, 0) is 4.57 Å². The van der Waals surface area contributed by atoms with Crippen LogP contribution in [0, 0.1) is 6.92 Å². The normalized spacial score (nSPS) is 13.9. The van der Waals surface area contributed by atoms with Crippen molar-refractivity contribution in [3.63, 3.8) is 0 Å². The Hall–Kier alpha value is -1.25. The van der Waals surface area contributed by atoms with Gasteiger partial charge in [-0.15, -0.1) is 6.58 Å². The maximum absolute atomic E-state index is 11.5. The van der Waals surface area contributed by atoms with E-state index in [-0.39, 0.29) is 6.16 Å². The van der Waals surface area contributed by atoms with Crippen LogP contribution < -0.4 is 9.26 Å². The lowest BCUT2D eigenvalue weighted by atomic mass is 10.2. The third kappa shape index (κ3) is 3.40. The van der Waals surface area contributed by atoms with Crippen molar-refractivity contribution in [3.8, 4) is 11.5 Å². The highest BCUT2D eigenvalue weighted by Crippen LogP contribution is 2.43. The molecule has 0 bridgehead atoms. The Morgan fingerprint density at radius 2 is 2.25 bits per heavy atom. The summed E-state index contributed by atoms with van der Waals surface area (Å²) >= 11 is 0. The van der Waals surface area contributed by atoms with Crippen molar-refractivity contribution in [3.05, 3.63) is 36.4 Å². The van der Waals surface area contributed by atoms with Crippen molar-refractivity contribution in [2.45, 2.75) is 6.92 Å². The van der Waals surface area contributed by atoms with E-state index in [1.54, 1.807) is 32.2 Å². The third-order valence-electron chi connectivity index (χ3n) is 1.98. The minimum absolute atomic E-state index is 0.0710. The van der Waals surface area contributed by atoms with E-state index in [4.69, 9.17) is 9.26 Å². The molecule has 5 heteroatoms. The van der Waals surface area contributed by atoms with Crippen LogP contribution in [0.1, 0.15) is 5.56 Å². The van der Waals surface area contributed by atoms with Crippen LogP contribution in [0.15, 0.2) is 30.9 Å². The molecule has 1 atom stereocenters. The van der Waals surface area contributed by atoms with Crippen molar-refractivity contribution < 1.29 is 18.7 Å². The summed E-state index contributed by atoms with van der Waals surface area (Å²) < 4.78 is 21.6. The number of allylic oxidation sites excluding steroid dienone is 1. The number of hydrogen-bond donors (Lipinski definition) is 1. The van der Waals surface area contributed by atoms with Crippen LogP contribution in [0.5, 0.6) is 11.5 Å². The minimum atomic E-state index is -3.62. The van der Waals surface area contributed by atoms with Gasteiger partial charge in [0.15, 0.2) is 0 Å². The first-order chi connectivity index (χ1) is 7.48. The van der Waals surface area contributed by atoms with Crippen molar-refractivity contribution >= 4 is 7.60 Å². The Labute approximate surface area is 95.1 Å². The number of aryl methyl sites for hydroxylation is 1. The monoisotopic (exact) mass is 242 g/mol. The Kier molecular flexibility index (Phi) is 4.16. The zero-order valence-electron chi connectivity index (χ0n) is 9.34. The third-order valence-corrected chi connectivity index (χ3v) is 3.18. The van der Waals surface area contributed by atoms with Crippen molar-refractivity contribution in [1.82, 2.24) is 0 Å². The van der Waals surface area contributed by atoms with Crippen molar-refractivity contribution in [2.75, 3.05) is 13.3 Å². The molecule has 0 saturated carbocycles. The minimum Gasteiger partial charge on any atom is -0.497 e. The second kappa shape index (κ2) is 5.19. The summed E-state index contributed by atoms with van der Waals surface area (Å²) in [6, 6.07) is 5.03. The van der Waals surface area contributed by atoms with E-state index in [1.165, 1.54) is 6.08 Å². The Bertz CT molecular complexity index is 428. The van der Waals surface area contributed by atoms with Gasteiger partial charge in [-0.25, -0.2) is 4.57 Å². The summed E-state index contributed by atoms with van der Waals surface area (Å²) in [5.74, 6) is 1.06. The van der Waals surface area contributed by atoms with Gasteiger partial charge in [0.1, 0.15) is 11.5 Å². The molecule has 16 heavy (non-hydrogen) atoms. The van der Waals surface area contributed by atoms with Crippen LogP contribution >= 0.6 is 7.60 Å². The molecule has 1 rings (SSSR count). The second-order valence-electron chi connectivity index (χ2n) is 3.33. The van der Waals surface area contributed by atoms with Gasteiger partial charge in [0.05, 0.1) is 13.3 Å². The van der Waals surface area contributed by atoms with E-state index >= 15 is 0 Å². The fourth-order valence-electron chi connectivity index (χ4n) is 1.21. The van der Waals surface area contributed by atoms with Gasteiger partial charge in [-0.1, -0.05) is 6.08 Å². The van der Waals surface area contributed by atoms with E-state index in [1.807, 2.05) is 0 Å². The molecule has 0 saturated heterocycles. The predicted octanol–water partition coefficient (Wildman–Crippen LogP) is 2.75. The Morgan fingerprint density at radius 3 is 2.75 bits per heavy atom. The smallest absolute Gasteiger partial charge is 0.380 e. The van der Waals surface area contributed by atoms with E-state index in [9.17, 15) is 9.46 Å². The van der Waals surface area contributed by atoms with Gasteiger partial charge in [0, 0.05) is 0 Å². The predicted molar refractivity (Wildman–Crippen MR) is 63.2 cm³/mol. The zero-order chi connectivity index (χ0) is 12.2. The molecule has 0 aliphatic carbocycles. The van der Waals surface area contributed by atoms with E-state index in [0.29, 0.717) is 11.5 Å². The zero-order valence-corrected chi connectivity index (χ0v) is 10.2. The number of hydrogen-bond acceptors (Lipinski definition) is 3. The topological polar surface area (TPSA) is 55.8 Å². The molecule has 0 heterocycles. The van der Waals surface area contributed by atoms with Crippen LogP contribution in [0.2, 0.25) is 0 Å². The molecular formula is C11H15O4P. The van der Waals surface area contributed by atoms with Gasteiger partial charge in [0.2, 0.25) is 0 Å². The molecule has 0 amide bonds. The number of rotatable bonds is 5. The first kappa shape index (κ1) is 12.8. The maximum Gasteiger partial charge on any atom is 0.380 e. The van der Waals surface area contributed by atoms with E-state index in [0.717, 1.165) is 5.56 Å². The van der Waals surface area contributed by atoms with Crippen LogP contribution in [-0.4, -0.2) is 18.2 Å². The number of methoxy groups -OCH3 is 1. The maximum atomic E-state index is 11.5. The molecule has 0 aliphatic rings. The number of ether oxygens (including phenoxy) is 1. The molecule has 1 aromatic carbocycles. The summed E-state index contributed by atoms with van der Waals surface area (Å²) in [7, 11) is -2.06. The van der Waals surface area contributed by atoms with Crippen LogP contribution in [0.25, 0.3) is 0 Å². The summed E-state index contributed by atoms with van der Waals surface area (Å²) in [6.07, 6.45) is 1.29. The molecule has 0 aliphatic heterocycles. The SMILES string of the molecule is C=CCP(=O)(O)Oc1ccc(OC)cc1C. The van der Waals surface area contributed by atoms with Gasteiger partial charge >= 0.3 is 7.60 Å². The molecule has 1 aromatic rings. The van der Waals surface area contributed by atoms with E-state index < -0.39 is 7.60 Å². The largest absolute Gasteiger partial charge is 0.497 e. The fourth-order valence-corrected chi connectivity index (χ4v) is 2.12. The molecule has 0 radical (unpaired) electrons. The lowest BCUT2D eigenvalue weighted by Gasteiger charge is -2.14. The summed E-state index contributed by atoms with van der Waals surface area (Å²) in [4.78, 5) is 9.45. The van der Waals surface area contributed by atoms with E-state index in [2.05, 4.69) is 6.58 Å². The van der Waals surface area contributed by atoms with Crippen molar-refractivity contribution in [2.24, 2.45) is 0 Å². The standard InChI is InChI=1S/C11H15O4P/c1-4-7-16(12,13)15-11-6-5-10(14-3)8-9(11)2/h4-6,8H,1,7H2,2-3H3,(H,12,13). The lowest BCUT2D eigenvalue weighted by molar-refractivity contribution is 0.380. The van der Waals surface area contributed by atoms with Gasteiger partial charge in [0.25, 0.3) is 0 Å². The molecule has 0 fully saturated rings. The van der Waals surface area contributed by atoms with Gasteiger partial charge < -0.3 is 14.2 Å². The quantitative estimate of drug-likeness (QED) is 0.637. The number of benzene rings is 1. The highest BCUT2D eigenvalue weighted by atomic mass is 31.2. The van der Waals surface area contributed by atoms with Gasteiger partial charge in [-0.2, -0.15) is 0 Å². The summed E-state index contributed by atoms with van der Waals surface area (Å²) in [5.41, 5.74) is 0.748. The highest BCUT2D eigenvalue weighted by molar-refractivity contribution is 7.53. The lowest BCUT2D eigenvalue weighted by Crippen LogP contribution is -1.97. The summed E-state index contributed by atoms with van der Waals surface area (Å²) in [5, 5.41) is 0. The first-order valence-corrected chi connectivity index (χ1v) is 6.52. The molecule has 1 unspecified atom stereocenters. The summed E-state index contributed by atoms with van der Waals surface area (Å²) in [6.45, 7) is 5.19. The van der Waals surface area contributed by atoms with Crippen molar-refractivity contribution in [1.29, 1.82) is 0 Å². The molecule has 0 spiro atoms. The molecule has 4 nitrogen and oxygen atoms in total. The highest BCUT2D eigenvalue weighted by Gasteiger charge is 2.19. The average molecular weight is 242 g/mol. The second-order valence-corrected chi connectivity index (χ2v) is 5.15. The Morgan fingerprint density at radius 1 is 1.56 bits per heavy atom. The first-order valence-electron chi connectivity index (χ1n) is 4.75. The average Bonchev–Trinajstić information content (AvgIpc) is 2.20. The molecule has 1 N–H and O–H groups in total. The van der Waals surface area contributed by atoms with Crippen LogP contribution in [0.3, 0.4) is 0 Å².